The van der Waals surface area contributed by atoms with Crippen LogP contribution in [0, 0.1) is 10.6 Å². The standard InChI is InChI=1S/C13H7Cl2FN2S/c14-7-1-2-12-11(5-7)17-13(19)18(12)10-4-8(15)3-9(16)6-10/h1-6H,(H,17,19). The maximum atomic E-state index is 13.5. The Morgan fingerprint density at radius 1 is 1.05 bits per heavy atom. The maximum Gasteiger partial charge on any atom is 0.182 e. The highest BCUT2D eigenvalue weighted by molar-refractivity contribution is 7.71. The third-order valence-corrected chi connectivity index (χ3v) is 3.49. The first-order valence-corrected chi connectivity index (χ1v) is 6.58. The number of benzene rings is 2. The summed E-state index contributed by atoms with van der Waals surface area (Å²) in [5.74, 6) is -0.410. The van der Waals surface area contributed by atoms with Crippen LogP contribution in [-0.2, 0) is 0 Å². The largest absolute Gasteiger partial charge is 0.330 e. The fraction of sp³-hybridized carbons (Fsp3) is 0. The zero-order chi connectivity index (χ0) is 13.6. The Kier molecular flexibility index (Phi) is 3.09. The van der Waals surface area contributed by atoms with E-state index in [1.807, 2.05) is 6.07 Å². The smallest absolute Gasteiger partial charge is 0.182 e. The number of rotatable bonds is 1. The van der Waals surface area contributed by atoms with E-state index in [0.717, 1.165) is 11.0 Å². The molecule has 0 aliphatic rings. The van der Waals surface area contributed by atoms with Crippen molar-refractivity contribution in [2.75, 3.05) is 0 Å². The molecule has 2 nitrogen and oxygen atoms in total. The lowest BCUT2D eigenvalue weighted by Crippen LogP contribution is -1.94. The molecule has 96 valence electrons. The van der Waals surface area contributed by atoms with E-state index in [4.69, 9.17) is 35.4 Å². The van der Waals surface area contributed by atoms with Gasteiger partial charge in [0.05, 0.1) is 16.7 Å². The lowest BCUT2D eigenvalue weighted by atomic mass is 10.2. The minimum atomic E-state index is -0.410. The van der Waals surface area contributed by atoms with Crippen molar-refractivity contribution in [3.05, 3.63) is 57.0 Å². The molecule has 0 aliphatic carbocycles. The van der Waals surface area contributed by atoms with Crippen molar-refractivity contribution < 1.29 is 4.39 Å². The molecular weight excluding hydrogens is 306 g/mol. The number of hydrogen-bond acceptors (Lipinski definition) is 1. The molecule has 1 aromatic heterocycles. The summed E-state index contributed by atoms with van der Waals surface area (Å²) in [5, 5.41) is 0.924. The Morgan fingerprint density at radius 3 is 2.58 bits per heavy atom. The van der Waals surface area contributed by atoms with E-state index in [9.17, 15) is 4.39 Å². The summed E-state index contributed by atoms with van der Waals surface area (Å²) in [7, 11) is 0. The normalized spacial score (nSPS) is 11.1. The van der Waals surface area contributed by atoms with Crippen molar-refractivity contribution in [1.29, 1.82) is 0 Å². The molecule has 0 saturated heterocycles. The second kappa shape index (κ2) is 4.63. The van der Waals surface area contributed by atoms with Crippen LogP contribution in [0.15, 0.2) is 36.4 Å². The number of nitrogens with zero attached hydrogens (tertiary/aromatic N) is 1. The van der Waals surface area contributed by atoms with Gasteiger partial charge in [0.25, 0.3) is 0 Å². The van der Waals surface area contributed by atoms with Crippen LogP contribution in [0.5, 0.6) is 0 Å². The molecule has 2 aromatic carbocycles. The van der Waals surface area contributed by atoms with Crippen LogP contribution in [0.1, 0.15) is 0 Å². The molecule has 3 aromatic rings. The lowest BCUT2D eigenvalue weighted by molar-refractivity contribution is 0.627. The van der Waals surface area contributed by atoms with Crippen LogP contribution in [0.3, 0.4) is 0 Å². The first-order valence-electron chi connectivity index (χ1n) is 5.41. The number of aromatic nitrogens is 2. The average Bonchev–Trinajstić information content (AvgIpc) is 2.62. The van der Waals surface area contributed by atoms with Gasteiger partial charge in [-0.3, -0.25) is 4.57 Å². The van der Waals surface area contributed by atoms with Crippen molar-refractivity contribution in [2.45, 2.75) is 0 Å². The topological polar surface area (TPSA) is 20.7 Å². The van der Waals surface area contributed by atoms with Crippen LogP contribution in [-0.4, -0.2) is 9.55 Å². The quantitative estimate of drug-likeness (QED) is 0.617. The Hall–Kier alpha value is -1.36. The SMILES string of the molecule is Fc1cc(Cl)cc(-n2c(=S)[nH]c3cc(Cl)ccc32)c1. The van der Waals surface area contributed by atoms with E-state index in [0.29, 0.717) is 20.5 Å². The molecular formula is C13H7Cl2FN2S. The molecule has 0 radical (unpaired) electrons. The predicted molar refractivity (Wildman–Crippen MR) is 78.4 cm³/mol. The van der Waals surface area contributed by atoms with Gasteiger partial charge in [-0.25, -0.2) is 4.39 Å². The fourth-order valence-electron chi connectivity index (χ4n) is 2.01. The number of halogens is 3. The number of aromatic amines is 1. The molecule has 1 N–H and O–H groups in total. The molecule has 0 spiro atoms. The zero-order valence-electron chi connectivity index (χ0n) is 9.45. The van der Waals surface area contributed by atoms with Gasteiger partial charge in [-0.2, -0.15) is 0 Å². The molecule has 0 aliphatic heterocycles. The average molecular weight is 313 g/mol. The number of nitrogens with one attached hydrogen (secondary N) is 1. The van der Waals surface area contributed by atoms with Gasteiger partial charge in [0.15, 0.2) is 4.77 Å². The zero-order valence-corrected chi connectivity index (χ0v) is 11.8. The Morgan fingerprint density at radius 2 is 1.84 bits per heavy atom. The number of fused-ring (bicyclic) bond motifs is 1. The summed E-state index contributed by atoms with van der Waals surface area (Å²) in [6.07, 6.45) is 0. The first kappa shape index (κ1) is 12.7. The van der Waals surface area contributed by atoms with E-state index < -0.39 is 5.82 Å². The molecule has 0 atom stereocenters. The van der Waals surface area contributed by atoms with Crippen LogP contribution in [0.25, 0.3) is 16.7 Å². The van der Waals surface area contributed by atoms with Crippen LogP contribution in [0.4, 0.5) is 4.39 Å². The van der Waals surface area contributed by atoms with Gasteiger partial charge in [-0.1, -0.05) is 23.2 Å². The predicted octanol–water partition coefficient (Wildman–Crippen LogP) is 5.13. The molecule has 0 bridgehead atoms. The van der Waals surface area contributed by atoms with Gasteiger partial charge in [0, 0.05) is 10.0 Å². The summed E-state index contributed by atoms with van der Waals surface area (Å²) in [4.78, 5) is 3.03. The van der Waals surface area contributed by atoms with E-state index in [-0.39, 0.29) is 0 Å². The number of hydrogen-bond donors (Lipinski definition) is 1. The minimum absolute atomic E-state index is 0.320. The van der Waals surface area contributed by atoms with Gasteiger partial charge in [0.2, 0.25) is 0 Å². The highest BCUT2D eigenvalue weighted by Crippen LogP contribution is 2.25. The second-order valence-electron chi connectivity index (χ2n) is 4.05. The van der Waals surface area contributed by atoms with Crippen molar-refractivity contribution >= 4 is 46.5 Å². The summed E-state index contributed by atoms with van der Waals surface area (Å²) < 4.78 is 15.6. The highest BCUT2D eigenvalue weighted by atomic mass is 35.5. The van der Waals surface area contributed by atoms with Crippen LogP contribution in [0.2, 0.25) is 10.0 Å². The molecule has 0 unspecified atom stereocenters. The third-order valence-electron chi connectivity index (χ3n) is 2.75. The highest BCUT2D eigenvalue weighted by Gasteiger charge is 2.09. The fourth-order valence-corrected chi connectivity index (χ4v) is 2.71. The second-order valence-corrected chi connectivity index (χ2v) is 5.31. The van der Waals surface area contributed by atoms with Gasteiger partial charge in [-0.15, -0.1) is 0 Å². The van der Waals surface area contributed by atoms with E-state index in [2.05, 4.69) is 4.98 Å². The third kappa shape index (κ3) is 2.27. The van der Waals surface area contributed by atoms with Crippen molar-refractivity contribution in [1.82, 2.24) is 9.55 Å². The Labute approximate surface area is 123 Å². The van der Waals surface area contributed by atoms with Crippen LogP contribution >= 0.6 is 35.4 Å². The van der Waals surface area contributed by atoms with Gasteiger partial charge < -0.3 is 4.98 Å². The first-order chi connectivity index (χ1) is 9.04. The molecule has 0 amide bonds. The summed E-state index contributed by atoms with van der Waals surface area (Å²) in [6.45, 7) is 0. The molecule has 0 saturated carbocycles. The van der Waals surface area contributed by atoms with E-state index in [1.54, 1.807) is 22.8 Å². The number of imidazole rings is 1. The van der Waals surface area contributed by atoms with Crippen molar-refractivity contribution in [3.63, 3.8) is 0 Å². The summed E-state index contributed by atoms with van der Waals surface area (Å²) >= 11 is 17.1. The van der Waals surface area contributed by atoms with Crippen LogP contribution < -0.4 is 0 Å². The van der Waals surface area contributed by atoms with Gasteiger partial charge in [0.1, 0.15) is 5.82 Å². The summed E-state index contributed by atoms with van der Waals surface area (Å²) in [6, 6.07) is 9.63. The molecule has 1 heterocycles. The van der Waals surface area contributed by atoms with Crippen molar-refractivity contribution in [3.8, 4) is 5.69 Å². The molecule has 6 heteroatoms. The monoisotopic (exact) mass is 312 g/mol. The molecule has 19 heavy (non-hydrogen) atoms. The lowest BCUT2D eigenvalue weighted by Gasteiger charge is -2.05. The number of H-pyrrole nitrogens is 1. The van der Waals surface area contributed by atoms with E-state index >= 15 is 0 Å². The van der Waals surface area contributed by atoms with Gasteiger partial charge in [-0.05, 0) is 48.6 Å². The van der Waals surface area contributed by atoms with E-state index in [1.165, 1.54) is 12.1 Å². The molecule has 3 rings (SSSR count). The van der Waals surface area contributed by atoms with Crippen molar-refractivity contribution in [2.24, 2.45) is 0 Å². The minimum Gasteiger partial charge on any atom is -0.330 e. The van der Waals surface area contributed by atoms with Gasteiger partial charge >= 0.3 is 0 Å². The maximum absolute atomic E-state index is 13.5. The molecule has 0 fully saturated rings. The Bertz CT molecular complexity index is 818. The summed E-state index contributed by atoms with van der Waals surface area (Å²) in [5.41, 5.74) is 2.18. The Balaban J connectivity index is 2.36.